The molecule has 10 heteroatoms. The second-order valence-electron chi connectivity index (χ2n) is 13.6. The van der Waals surface area contributed by atoms with Gasteiger partial charge in [0.1, 0.15) is 6.42 Å². The Labute approximate surface area is 312 Å². The van der Waals surface area contributed by atoms with Crippen LogP contribution < -0.4 is 20.4 Å². The lowest BCUT2D eigenvalue weighted by Crippen LogP contribution is -2.51. The highest BCUT2D eigenvalue weighted by Crippen LogP contribution is 2.38. The van der Waals surface area contributed by atoms with E-state index >= 15 is 0 Å². The molecule has 6 rings (SSSR count). The molecule has 2 aliphatic heterocycles. The lowest BCUT2D eigenvalue weighted by molar-refractivity contribution is -0.130. The Balaban J connectivity index is 0.892. The topological polar surface area (TPSA) is 71.2 Å². The average molecular weight is 723 g/mol. The number of para-hydroxylation sites is 2. The fraction of sp³-hybridized carbons (Fsp3) is 0.366. The van der Waals surface area contributed by atoms with Crippen molar-refractivity contribution in [1.82, 2.24) is 20.4 Å². The largest absolute Gasteiger partial charge is 0.368 e. The van der Waals surface area contributed by atoms with Crippen LogP contribution >= 0.6 is 23.5 Å². The summed E-state index contributed by atoms with van der Waals surface area (Å²) in [5, 5.41) is 5.93. The third-order valence-electron chi connectivity index (χ3n) is 9.58. The van der Waals surface area contributed by atoms with Crippen LogP contribution in [-0.2, 0) is 9.59 Å². The van der Waals surface area contributed by atoms with Gasteiger partial charge in [0.2, 0.25) is 11.8 Å². The highest BCUT2D eigenvalue weighted by molar-refractivity contribution is 7.99. The summed E-state index contributed by atoms with van der Waals surface area (Å²) in [6, 6.07) is 30.5. The Kier molecular flexibility index (Phi) is 12.6. The molecule has 2 heterocycles. The molecule has 51 heavy (non-hydrogen) atoms. The second-order valence-corrected chi connectivity index (χ2v) is 15.7. The van der Waals surface area contributed by atoms with E-state index in [0.717, 1.165) is 52.4 Å². The standard InChI is InChI=1S/C41H50N6O2S2/c1-30-13-15-36(32(3)25-30)50-38-11-7-5-9-34(38)46-21-17-44(18-22-46)28-42-40(48)27-41(49)43-29-45-19-23-47(24-20-45)35-10-6-8-12-39(35)51-37-16-14-31(2)26-33(37)4/h5-16,25-26H,17-24,27-29H2,1-4H3,(H,42,48)(H,43,49). The molecule has 0 aliphatic carbocycles. The van der Waals surface area contributed by atoms with Gasteiger partial charge in [-0.25, -0.2) is 0 Å². The van der Waals surface area contributed by atoms with Crippen LogP contribution in [0.1, 0.15) is 28.7 Å². The van der Waals surface area contributed by atoms with Crippen LogP contribution in [-0.4, -0.2) is 87.3 Å². The summed E-state index contributed by atoms with van der Waals surface area (Å²) >= 11 is 3.64. The molecule has 2 fully saturated rings. The van der Waals surface area contributed by atoms with Crippen molar-refractivity contribution in [3.05, 3.63) is 107 Å². The summed E-state index contributed by atoms with van der Waals surface area (Å²) < 4.78 is 0. The smallest absolute Gasteiger partial charge is 0.230 e. The first kappa shape index (κ1) is 36.8. The molecule has 4 aromatic rings. The van der Waals surface area contributed by atoms with Gasteiger partial charge in [0, 0.05) is 71.9 Å². The van der Waals surface area contributed by atoms with Crippen molar-refractivity contribution < 1.29 is 9.59 Å². The van der Waals surface area contributed by atoms with Gasteiger partial charge in [-0.05, 0) is 75.2 Å². The number of anilines is 2. The summed E-state index contributed by atoms with van der Waals surface area (Å²) in [5.41, 5.74) is 7.65. The van der Waals surface area contributed by atoms with Crippen molar-refractivity contribution in [2.75, 3.05) is 75.5 Å². The van der Waals surface area contributed by atoms with Crippen LogP contribution in [0, 0.1) is 27.7 Å². The minimum atomic E-state index is -0.243. The number of hydrogen-bond donors (Lipinski definition) is 2. The molecule has 2 amide bonds. The van der Waals surface area contributed by atoms with E-state index in [1.54, 1.807) is 0 Å². The molecule has 4 aromatic carbocycles. The van der Waals surface area contributed by atoms with Crippen molar-refractivity contribution >= 4 is 46.7 Å². The number of nitrogens with zero attached hydrogens (tertiary/aromatic N) is 4. The average Bonchev–Trinajstić information content (AvgIpc) is 3.13. The molecule has 0 bridgehead atoms. The number of carbonyl (C=O) groups is 2. The fourth-order valence-electron chi connectivity index (χ4n) is 6.64. The van der Waals surface area contributed by atoms with Gasteiger partial charge < -0.3 is 20.4 Å². The Morgan fingerprint density at radius 2 is 0.922 bits per heavy atom. The first-order chi connectivity index (χ1) is 24.7. The molecule has 0 saturated carbocycles. The summed E-state index contributed by atoms with van der Waals surface area (Å²) in [6.07, 6.45) is -0.161. The van der Waals surface area contributed by atoms with Crippen molar-refractivity contribution in [3.8, 4) is 0 Å². The Morgan fingerprint density at radius 1 is 0.529 bits per heavy atom. The number of nitrogens with one attached hydrogen (secondary N) is 2. The van der Waals surface area contributed by atoms with Crippen molar-refractivity contribution in [2.24, 2.45) is 0 Å². The Hall–Kier alpha value is -3.96. The van der Waals surface area contributed by atoms with Crippen molar-refractivity contribution in [2.45, 2.75) is 53.7 Å². The zero-order valence-electron chi connectivity index (χ0n) is 30.3. The van der Waals surface area contributed by atoms with Gasteiger partial charge in [-0.2, -0.15) is 0 Å². The van der Waals surface area contributed by atoms with Crippen LogP contribution in [0.3, 0.4) is 0 Å². The van der Waals surface area contributed by atoms with Gasteiger partial charge in [0.15, 0.2) is 0 Å². The summed E-state index contributed by atoms with van der Waals surface area (Å²) in [6.45, 7) is 16.4. The molecular formula is C41H50N6O2S2. The number of rotatable bonds is 12. The maximum Gasteiger partial charge on any atom is 0.230 e. The van der Waals surface area contributed by atoms with Crippen molar-refractivity contribution in [1.29, 1.82) is 0 Å². The molecule has 0 spiro atoms. The zero-order valence-corrected chi connectivity index (χ0v) is 31.9. The first-order valence-electron chi connectivity index (χ1n) is 17.9. The van der Waals surface area contributed by atoms with E-state index in [1.807, 2.05) is 23.5 Å². The molecule has 2 saturated heterocycles. The van der Waals surface area contributed by atoms with Crippen LogP contribution in [0.2, 0.25) is 0 Å². The van der Waals surface area contributed by atoms with Crippen LogP contribution in [0.25, 0.3) is 0 Å². The third-order valence-corrected chi connectivity index (χ3v) is 12.1. The van der Waals surface area contributed by atoms with Gasteiger partial charge >= 0.3 is 0 Å². The minimum absolute atomic E-state index is 0.161. The van der Waals surface area contributed by atoms with E-state index in [-0.39, 0.29) is 18.2 Å². The van der Waals surface area contributed by atoms with E-state index in [4.69, 9.17) is 0 Å². The summed E-state index contributed by atoms with van der Waals surface area (Å²) in [4.78, 5) is 39.7. The van der Waals surface area contributed by atoms with Gasteiger partial charge in [0.05, 0.1) is 24.7 Å². The summed E-state index contributed by atoms with van der Waals surface area (Å²) in [5.74, 6) is -0.485. The number of piperazine rings is 2. The lowest BCUT2D eigenvalue weighted by atomic mass is 10.2. The zero-order chi connectivity index (χ0) is 35.7. The Bertz CT molecular complexity index is 1690. The predicted molar refractivity (Wildman–Crippen MR) is 211 cm³/mol. The van der Waals surface area contributed by atoms with E-state index in [1.165, 1.54) is 53.2 Å². The quantitative estimate of drug-likeness (QED) is 0.157. The molecule has 2 N–H and O–H groups in total. The van der Waals surface area contributed by atoms with Gasteiger partial charge in [0.25, 0.3) is 0 Å². The molecular weight excluding hydrogens is 673 g/mol. The van der Waals surface area contributed by atoms with Gasteiger partial charge in [-0.15, -0.1) is 0 Å². The highest BCUT2D eigenvalue weighted by Gasteiger charge is 2.22. The van der Waals surface area contributed by atoms with Crippen LogP contribution in [0.5, 0.6) is 0 Å². The number of hydrogen-bond acceptors (Lipinski definition) is 8. The maximum atomic E-state index is 12.7. The molecule has 268 valence electrons. The SMILES string of the molecule is Cc1ccc(Sc2ccccc2N2CCN(CNC(=O)CC(=O)NCN3CCN(c4ccccc4Sc4ccc(C)cc4C)CC3)CC2)c(C)c1. The fourth-order valence-corrected chi connectivity index (χ4v) is 8.72. The van der Waals surface area contributed by atoms with E-state index in [2.05, 4.69) is 143 Å². The third kappa shape index (κ3) is 10.1. The molecule has 8 nitrogen and oxygen atoms in total. The van der Waals surface area contributed by atoms with Gasteiger partial charge in [-0.3, -0.25) is 19.4 Å². The van der Waals surface area contributed by atoms with E-state index in [9.17, 15) is 9.59 Å². The molecule has 0 aromatic heterocycles. The number of benzene rings is 4. The molecule has 2 aliphatic rings. The molecule has 0 atom stereocenters. The minimum Gasteiger partial charge on any atom is -0.368 e. The number of amides is 2. The van der Waals surface area contributed by atoms with Crippen LogP contribution in [0.15, 0.2) is 105 Å². The summed E-state index contributed by atoms with van der Waals surface area (Å²) in [7, 11) is 0. The first-order valence-corrected chi connectivity index (χ1v) is 19.5. The molecule has 0 radical (unpaired) electrons. The second kappa shape index (κ2) is 17.5. The predicted octanol–water partition coefficient (Wildman–Crippen LogP) is 6.70. The lowest BCUT2D eigenvalue weighted by Gasteiger charge is -2.37. The Morgan fingerprint density at radius 3 is 1.31 bits per heavy atom. The maximum absolute atomic E-state index is 12.7. The number of aryl methyl sites for hydroxylation is 4. The number of carbonyl (C=O) groups excluding carboxylic acids is 2. The normalized spacial score (nSPS) is 15.5. The van der Waals surface area contributed by atoms with Crippen molar-refractivity contribution in [3.63, 3.8) is 0 Å². The monoisotopic (exact) mass is 722 g/mol. The van der Waals surface area contributed by atoms with Gasteiger partial charge in [-0.1, -0.05) is 83.2 Å². The molecule has 0 unspecified atom stereocenters. The van der Waals surface area contributed by atoms with E-state index < -0.39 is 0 Å². The highest BCUT2D eigenvalue weighted by atomic mass is 32.2. The van der Waals surface area contributed by atoms with Crippen LogP contribution in [0.4, 0.5) is 11.4 Å². The van der Waals surface area contributed by atoms with E-state index in [0.29, 0.717) is 13.3 Å².